The largest absolute Gasteiger partial charge is 0.462 e. The third-order valence-electron chi connectivity index (χ3n) is 11.8. The summed E-state index contributed by atoms with van der Waals surface area (Å²) >= 11 is 0. The molecule has 1 saturated heterocycles. The van der Waals surface area contributed by atoms with E-state index in [2.05, 4.69) is 56.2 Å². The fourth-order valence-electron chi connectivity index (χ4n) is 7.82. The second-order valence-electron chi connectivity index (χ2n) is 17.1. The van der Waals surface area contributed by atoms with Gasteiger partial charge in [-0.05, 0) is 57.8 Å². The maximum Gasteiger partial charge on any atom is 0.307 e. The number of carbonyl (C=O) groups excluding carboxylic acids is 3. The number of hydrogen-bond donors (Lipinski definition) is 0. The van der Waals surface area contributed by atoms with E-state index in [4.69, 9.17) is 14.2 Å². The second-order valence-corrected chi connectivity index (χ2v) is 17.1. The van der Waals surface area contributed by atoms with Crippen molar-refractivity contribution in [3.63, 3.8) is 0 Å². The molecule has 1 aliphatic rings. The van der Waals surface area contributed by atoms with Gasteiger partial charge in [-0.1, -0.05) is 138 Å². The highest BCUT2D eigenvalue weighted by molar-refractivity contribution is 5.70. The first kappa shape index (κ1) is 53.3. The van der Waals surface area contributed by atoms with E-state index >= 15 is 0 Å². The van der Waals surface area contributed by atoms with Crippen LogP contribution in [-0.4, -0.2) is 110 Å². The van der Waals surface area contributed by atoms with Crippen LogP contribution in [0, 0.1) is 0 Å². The predicted octanol–water partition coefficient (Wildman–Crippen LogP) is 11.3. The summed E-state index contributed by atoms with van der Waals surface area (Å²) in [5.41, 5.74) is 0. The molecule has 336 valence electrons. The van der Waals surface area contributed by atoms with Gasteiger partial charge in [0, 0.05) is 58.9 Å². The van der Waals surface area contributed by atoms with Gasteiger partial charge in [0.25, 0.3) is 0 Å². The lowest BCUT2D eigenvalue weighted by Crippen LogP contribution is -2.49. The van der Waals surface area contributed by atoms with E-state index in [1.807, 2.05) is 0 Å². The third kappa shape index (κ3) is 30.0. The lowest BCUT2D eigenvalue weighted by molar-refractivity contribution is -0.151. The minimum absolute atomic E-state index is 0.00584. The monoisotopic (exact) mass is 808 g/mol. The molecule has 0 aromatic carbocycles. The van der Waals surface area contributed by atoms with Crippen LogP contribution in [0.3, 0.4) is 0 Å². The zero-order valence-electron chi connectivity index (χ0n) is 38.5. The molecule has 0 aromatic heterocycles. The topological polar surface area (TPSA) is 88.6 Å². The van der Waals surface area contributed by atoms with Crippen LogP contribution in [-0.2, 0) is 28.6 Å². The minimum Gasteiger partial charge on any atom is -0.462 e. The number of esters is 3. The van der Waals surface area contributed by atoms with E-state index in [0.717, 1.165) is 142 Å². The van der Waals surface area contributed by atoms with Gasteiger partial charge < -0.3 is 24.0 Å². The molecule has 0 saturated carbocycles. The van der Waals surface area contributed by atoms with E-state index in [1.165, 1.54) is 57.8 Å². The van der Waals surface area contributed by atoms with Gasteiger partial charge in [-0.2, -0.15) is 0 Å². The van der Waals surface area contributed by atoms with Gasteiger partial charge in [0.2, 0.25) is 0 Å². The van der Waals surface area contributed by atoms with E-state index in [9.17, 15) is 14.4 Å². The number of nitrogens with zero attached hydrogens (tertiary/aromatic N) is 3. The molecule has 57 heavy (non-hydrogen) atoms. The van der Waals surface area contributed by atoms with Crippen molar-refractivity contribution in [2.45, 2.75) is 233 Å². The molecule has 0 amide bonds. The number of piperazine rings is 1. The van der Waals surface area contributed by atoms with Crippen LogP contribution in [0.2, 0.25) is 0 Å². The van der Waals surface area contributed by atoms with Gasteiger partial charge in [0.05, 0.1) is 19.3 Å². The molecule has 3 unspecified atom stereocenters. The molecule has 1 rings (SSSR count). The van der Waals surface area contributed by atoms with Gasteiger partial charge >= 0.3 is 17.9 Å². The van der Waals surface area contributed by atoms with Crippen molar-refractivity contribution in [2.24, 2.45) is 0 Å². The second kappa shape index (κ2) is 37.3. The van der Waals surface area contributed by atoms with Crippen LogP contribution in [0.25, 0.3) is 0 Å². The molecule has 3 atom stereocenters. The summed E-state index contributed by atoms with van der Waals surface area (Å²) < 4.78 is 18.1. The summed E-state index contributed by atoms with van der Waals surface area (Å²) in [6.07, 6.45) is 27.8. The van der Waals surface area contributed by atoms with Crippen LogP contribution in [0.1, 0.15) is 215 Å². The Balaban J connectivity index is 2.72. The smallest absolute Gasteiger partial charge is 0.307 e. The number of rotatable bonds is 39. The Morgan fingerprint density at radius 2 is 0.719 bits per heavy atom. The SMILES string of the molecule is CCCCCCC(CCCC)OC(=O)CCN(CCC(=O)OC(CCCC)CCCCCC)CCN1CCN(CCC(=O)OC(CCCC)CCCCCC)CC1. The van der Waals surface area contributed by atoms with Crippen molar-refractivity contribution in [3.8, 4) is 0 Å². The number of unbranched alkanes of at least 4 members (excludes halogenated alkanes) is 12. The number of hydrogen-bond acceptors (Lipinski definition) is 9. The van der Waals surface area contributed by atoms with E-state index in [0.29, 0.717) is 32.4 Å². The van der Waals surface area contributed by atoms with Crippen LogP contribution >= 0.6 is 0 Å². The van der Waals surface area contributed by atoms with Crippen molar-refractivity contribution in [2.75, 3.05) is 58.9 Å². The fraction of sp³-hybridized carbons (Fsp3) is 0.938. The average molecular weight is 808 g/mol. The summed E-state index contributed by atoms with van der Waals surface area (Å²) in [6, 6.07) is 0. The molecule has 0 aromatic rings. The molecule has 0 aliphatic carbocycles. The number of carbonyl (C=O) groups is 3. The fourth-order valence-corrected chi connectivity index (χ4v) is 7.82. The maximum atomic E-state index is 13.2. The van der Waals surface area contributed by atoms with E-state index in [-0.39, 0.29) is 36.2 Å². The lowest BCUT2D eigenvalue weighted by atomic mass is 10.0. The highest BCUT2D eigenvalue weighted by Gasteiger charge is 2.22. The Hall–Kier alpha value is -1.71. The molecule has 0 bridgehead atoms. The summed E-state index contributed by atoms with van der Waals surface area (Å²) in [4.78, 5) is 46.3. The molecular weight excluding hydrogens is 715 g/mol. The van der Waals surface area contributed by atoms with Gasteiger partial charge in [-0.15, -0.1) is 0 Å². The van der Waals surface area contributed by atoms with Gasteiger partial charge in [0.1, 0.15) is 18.3 Å². The van der Waals surface area contributed by atoms with Gasteiger partial charge in [-0.25, -0.2) is 0 Å². The van der Waals surface area contributed by atoms with E-state index < -0.39 is 0 Å². The standard InChI is InChI=1S/C48H93N3O6/c1-7-13-19-22-28-43(25-16-10-4)55-46(52)31-34-49(35-32-47(53)56-44(26-17-11-5)29-23-20-14-8-2)37-40-51-41-38-50(39-42-51)36-33-48(54)57-45(27-18-12-6)30-24-21-15-9-3/h43-45H,7-42H2,1-6H3. The summed E-state index contributed by atoms with van der Waals surface area (Å²) in [6.45, 7) is 20.6. The zero-order chi connectivity index (χ0) is 41.8. The Morgan fingerprint density at radius 1 is 0.404 bits per heavy atom. The Bertz CT molecular complexity index is 916. The molecule has 0 N–H and O–H groups in total. The summed E-state index contributed by atoms with van der Waals surface area (Å²) in [5, 5.41) is 0. The van der Waals surface area contributed by atoms with E-state index in [1.54, 1.807) is 0 Å². The van der Waals surface area contributed by atoms with Crippen LogP contribution < -0.4 is 0 Å². The van der Waals surface area contributed by atoms with Crippen LogP contribution in [0.15, 0.2) is 0 Å². The van der Waals surface area contributed by atoms with Gasteiger partial charge in [0.15, 0.2) is 0 Å². The van der Waals surface area contributed by atoms with Crippen molar-refractivity contribution in [1.82, 2.24) is 14.7 Å². The summed E-state index contributed by atoms with van der Waals surface area (Å²) in [5.74, 6) is -0.291. The average Bonchev–Trinajstić information content (AvgIpc) is 3.21. The zero-order valence-corrected chi connectivity index (χ0v) is 38.5. The van der Waals surface area contributed by atoms with Crippen molar-refractivity contribution >= 4 is 17.9 Å². The van der Waals surface area contributed by atoms with Crippen LogP contribution in [0.5, 0.6) is 0 Å². The highest BCUT2D eigenvalue weighted by Crippen LogP contribution is 2.18. The van der Waals surface area contributed by atoms with Crippen molar-refractivity contribution < 1.29 is 28.6 Å². The molecule has 9 nitrogen and oxygen atoms in total. The first-order valence-corrected chi connectivity index (χ1v) is 24.5. The Morgan fingerprint density at radius 3 is 1.07 bits per heavy atom. The predicted molar refractivity (Wildman–Crippen MR) is 238 cm³/mol. The van der Waals surface area contributed by atoms with Crippen LogP contribution in [0.4, 0.5) is 0 Å². The Labute approximate surface area is 352 Å². The van der Waals surface area contributed by atoms with Gasteiger partial charge in [-0.3, -0.25) is 19.3 Å². The Kier molecular flexibility index (Phi) is 34.9. The number of ether oxygens (including phenoxy) is 3. The van der Waals surface area contributed by atoms with Crippen molar-refractivity contribution in [1.29, 1.82) is 0 Å². The molecule has 0 radical (unpaired) electrons. The maximum absolute atomic E-state index is 13.2. The van der Waals surface area contributed by atoms with Crippen molar-refractivity contribution in [3.05, 3.63) is 0 Å². The minimum atomic E-state index is -0.119. The molecule has 0 spiro atoms. The molecule has 1 heterocycles. The molecule has 1 aliphatic heterocycles. The quantitative estimate of drug-likeness (QED) is 0.0342. The third-order valence-corrected chi connectivity index (χ3v) is 11.8. The lowest BCUT2D eigenvalue weighted by Gasteiger charge is -2.35. The molecule has 1 fully saturated rings. The normalized spacial score (nSPS) is 15.4. The summed E-state index contributed by atoms with van der Waals surface area (Å²) in [7, 11) is 0. The highest BCUT2D eigenvalue weighted by atomic mass is 16.6. The molecule has 9 heteroatoms. The first-order valence-electron chi connectivity index (χ1n) is 24.5. The molecular formula is C48H93N3O6. The first-order chi connectivity index (χ1) is 27.8.